The van der Waals surface area contributed by atoms with Crippen molar-refractivity contribution in [3.05, 3.63) is 23.9 Å². The van der Waals surface area contributed by atoms with E-state index in [0.717, 1.165) is 0 Å². The van der Waals surface area contributed by atoms with Gasteiger partial charge in [0.05, 0.1) is 6.61 Å². The zero-order valence-corrected chi connectivity index (χ0v) is 14.3. The summed E-state index contributed by atoms with van der Waals surface area (Å²) in [6.45, 7) is 14.1. The number of nitrogens with two attached hydrogens (primary N) is 1. The van der Waals surface area contributed by atoms with E-state index in [1.54, 1.807) is 25.3 Å². The average Bonchev–Trinajstić information content (AvgIpc) is 2.25. The Bertz CT molecular complexity index is 440. The van der Waals surface area contributed by atoms with Crippen molar-refractivity contribution in [2.24, 2.45) is 5.73 Å². The smallest absolute Gasteiger partial charge is 0.341 e. The fourth-order valence-corrected chi connectivity index (χ4v) is 1.23. The summed E-state index contributed by atoms with van der Waals surface area (Å²) in [5, 5.41) is 3.18. The first-order valence-electron chi connectivity index (χ1n) is 7.13. The number of ether oxygens (including phenoxy) is 1. The summed E-state index contributed by atoms with van der Waals surface area (Å²) < 4.78 is 4.96. The van der Waals surface area contributed by atoms with Crippen LogP contribution in [0.2, 0.25) is 0 Å². The SMILES string of the molecule is CC(C)(C)N.CCOC(=O)c1cccnc1NC(C)(C)C. The van der Waals surface area contributed by atoms with Crippen LogP contribution >= 0.6 is 0 Å². The molecule has 1 aromatic heterocycles. The zero-order valence-electron chi connectivity index (χ0n) is 14.3. The van der Waals surface area contributed by atoms with Crippen LogP contribution in [-0.2, 0) is 4.74 Å². The van der Waals surface area contributed by atoms with Gasteiger partial charge in [-0.3, -0.25) is 0 Å². The first-order chi connectivity index (χ1) is 9.44. The molecule has 0 spiro atoms. The first kappa shape index (κ1) is 19.4. The Hall–Kier alpha value is -1.62. The Balaban J connectivity index is 0.000000690. The molecule has 0 aliphatic rings. The van der Waals surface area contributed by atoms with Gasteiger partial charge in [0.25, 0.3) is 0 Å². The van der Waals surface area contributed by atoms with E-state index >= 15 is 0 Å². The molecule has 5 nitrogen and oxygen atoms in total. The Morgan fingerprint density at radius 2 is 1.81 bits per heavy atom. The lowest BCUT2D eigenvalue weighted by Gasteiger charge is -2.22. The quantitative estimate of drug-likeness (QED) is 0.837. The van der Waals surface area contributed by atoms with Crippen molar-refractivity contribution >= 4 is 11.8 Å². The van der Waals surface area contributed by atoms with Crippen LogP contribution in [0.3, 0.4) is 0 Å². The van der Waals surface area contributed by atoms with Gasteiger partial charge in [-0.25, -0.2) is 9.78 Å². The topological polar surface area (TPSA) is 77.2 Å². The number of hydrogen-bond acceptors (Lipinski definition) is 5. The Labute approximate surface area is 128 Å². The third-order valence-electron chi connectivity index (χ3n) is 1.80. The molecule has 21 heavy (non-hydrogen) atoms. The number of carbonyl (C=O) groups is 1. The molecule has 1 rings (SSSR count). The maximum Gasteiger partial charge on any atom is 0.341 e. The second kappa shape index (κ2) is 7.98. The molecule has 0 radical (unpaired) electrons. The number of rotatable bonds is 3. The molecule has 1 heterocycles. The van der Waals surface area contributed by atoms with Crippen LogP contribution in [0, 0.1) is 0 Å². The van der Waals surface area contributed by atoms with Gasteiger partial charge in [-0.1, -0.05) is 0 Å². The maximum absolute atomic E-state index is 11.6. The minimum atomic E-state index is -0.345. The summed E-state index contributed by atoms with van der Waals surface area (Å²) in [5.41, 5.74) is 5.68. The van der Waals surface area contributed by atoms with Gasteiger partial charge in [0.15, 0.2) is 0 Å². The van der Waals surface area contributed by atoms with Crippen LogP contribution in [0.25, 0.3) is 0 Å². The van der Waals surface area contributed by atoms with Crippen LogP contribution in [-0.4, -0.2) is 28.6 Å². The Morgan fingerprint density at radius 3 is 2.24 bits per heavy atom. The van der Waals surface area contributed by atoms with E-state index in [0.29, 0.717) is 18.0 Å². The van der Waals surface area contributed by atoms with Crippen LogP contribution < -0.4 is 11.1 Å². The van der Waals surface area contributed by atoms with E-state index in [1.807, 2.05) is 41.5 Å². The lowest BCUT2D eigenvalue weighted by molar-refractivity contribution is 0.0527. The van der Waals surface area contributed by atoms with Gasteiger partial charge < -0.3 is 15.8 Å². The summed E-state index contributed by atoms with van der Waals surface area (Å²) >= 11 is 0. The second-order valence-corrected chi connectivity index (χ2v) is 6.86. The van der Waals surface area contributed by atoms with Crippen molar-refractivity contribution < 1.29 is 9.53 Å². The van der Waals surface area contributed by atoms with Crippen molar-refractivity contribution in [2.75, 3.05) is 11.9 Å². The van der Waals surface area contributed by atoms with Crippen LogP contribution in [0.4, 0.5) is 5.82 Å². The highest BCUT2D eigenvalue weighted by atomic mass is 16.5. The van der Waals surface area contributed by atoms with Crippen molar-refractivity contribution in [3.8, 4) is 0 Å². The minimum absolute atomic E-state index is 0. The largest absolute Gasteiger partial charge is 0.462 e. The van der Waals surface area contributed by atoms with E-state index in [4.69, 9.17) is 10.5 Å². The molecule has 0 aliphatic heterocycles. The van der Waals surface area contributed by atoms with Crippen molar-refractivity contribution in [1.82, 2.24) is 4.98 Å². The lowest BCUT2D eigenvalue weighted by Crippen LogP contribution is -2.28. The predicted octanol–water partition coefficient (Wildman–Crippen LogP) is 3.21. The molecular formula is C16H29N3O2. The van der Waals surface area contributed by atoms with Gasteiger partial charge in [-0.15, -0.1) is 0 Å². The third kappa shape index (κ3) is 10.8. The molecule has 1 aromatic rings. The van der Waals surface area contributed by atoms with Gasteiger partial charge in [-0.05, 0) is 60.6 Å². The molecule has 120 valence electrons. The highest BCUT2D eigenvalue weighted by Crippen LogP contribution is 2.17. The summed E-state index contributed by atoms with van der Waals surface area (Å²) in [5.74, 6) is 0.218. The van der Waals surface area contributed by atoms with E-state index in [-0.39, 0.29) is 17.0 Å². The molecule has 0 amide bonds. The van der Waals surface area contributed by atoms with E-state index in [1.165, 1.54) is 0 Å². The molecule has 0 aromatic carbocycles. The molecule has 0 unspecified atom stereocenters. The monoisotopic (exact) mass is 295 g/mol. The summed E-state index contributed by atoms with van der Waals surface area (Å²) in [6, 6.07) is 3.43. The molecule has 0 saturated heterocycles. The Morgan fingerprint density at radius 1 is 1.29 bits per heavy atom. The number of aromatic nitrogens is 1. The summed E-state index contributed by atoms with van der Waals surface area (Å²) in [4.78, 5) is 15.8. The molecule has 3 N–H and O–H groups in total. The van der Waals surface area contributed by atoms with E-state index in [9.17, 15) is 4.79 Å². The van der Waals surface area contributed by atoms with E-state index < -0.39 is 0 Å². The van der Waals surface area contributed by atoms with Gasteiger partial charge in [0.2, 0.25) is 0 Å². The lowest BCUT2D eigenvalue weighted by atomic mass is 10.1. The number of hydrogen-bond donors (Lipinski definition) is 2. The van der Waals surface area contributed by atoms with Crippen molar-refractivity contribution in [3.63, 3.8) is 0 Å². The second-order valence-electron chi connectivity index (χ2n) is 6.86. The highest BCUT2D eigenvalue weighted by Gasteiger charge is 2.17. The van der Waals surface area contributed by atoms with Gasteiger partial charge in [-0.2, -0.15) is 0 Å². The normalized spacial score (nSPS) is 11.2. The molecule has 0 atom stereocenters. The molecular weight excluding hydrogens is 266 g/mol. The minimum Gasteiger partial charge on any atom is -0.462 e. The van der Waals surface area contributed by atoms with Crippen LogP contribution in [0.15, 0.2) is 18.3 Å². The summed E-state index contributed by atoms with van der Waals surface area (Å²) in [6.07, 6.45) is 1.65. The van der Waals surface area contributed by atoms with Crippen LogP contribution in [0.5, 0.6) is 0 Å². The maximum atomic E-state index is 11.6. The molecule has 0 fully saturated rings. The fraction of sp³-hybridized carbons (Fsp3) is 0.625. The number of pyridine rings is 1. The van der Waals surface area contributed by atoms with E-state index in [2.05, 4.69) is 10.3 Å². The molecule has 0 bridgehead atoms. The van der Waals surface area contributed by atoms with Crippen molar-refractivity contribution in [1.29, 1.82) is 0 Å². The predicted molar refractivity (Wildman–Crippen MR) is 87.5 cm³/mol. The number of anilines is 1. The highest BCUT2D eigenvalue weighted by molar-refractivity contribution is 5.94. The number of esters is 1. The van der Waals surface area contributed by atoms with Gasteiger partial charge in [0.1, 0.15) is 11.4 Å². The molecule has 0 aliphatic carbocycles. The van der Waals surface area contributed by atoms with Crippen LogP contribution in [0.1, 0.15) is 58.8 Å². The van der Waals surface area contributed by atoms with Gasteiger partial charge >= 0.3 is 5.97 Å². The number of nitrogens with zero attached hydrogens (tertiary/aromatic N) is 1. The zero-order chi connectivity index (χ0) is 16.7. The fourth-order valence-electron chi connectivity index (χ4n) is 1.23. The molecule has 5 heteroatoms. The average molecular weight is 295 g/mol. The number of carbonyl (C=O) groups excluding carboxylic acids is 1. The standard InChI is InChI=1S/C12H18N2O2.C4H11N/c1-5-16-11(15)9-7-6-8-13-10(9)14-12(2,3)4;1-4(2,3)5/h6-8H,5H2,1-4H3,(H,13,14);5H2,1-3H3. The third-order valence-corrected chi connectivity index (χ3v) is 1.80. The molecule has 0 saturated carbocycles. The Kier molecular flexibility index (Phi) is 7.36. The number of nitrogens with one attached hydrogen (secondary N) is 1. The van der Waals surface area contributed by atoms with Crippen molar-refractivity contribution in [2.45, 2.75) is 59.5 Å². The summed E-state index contributed by atoms with van der Waals surface area (Å²) in [7, 11) is 0. The van der Waals surface area contributed by atoms with Gasteiger partial charge in [0, 0.05) is 17.3 Å². The first-order valence-corrected chi connectivity index (χ1v) is 7.13.